The summed E-state index contributed by atoms with van der Waals surface area (Å²) in [5, 5.41) is 2.66. The van der Waals surface area contributed by atoms with E-state index < -0.39 is 12.1 Å². The topological polar surface area (TPSA) is 84.4 Å². The molecule has 1 aliphatic heterocycles. The zero-order valence-corrected chi connectivity index (χ0v) is 13.5. The lowest BCUT2D eigenvalue weighted by atomic mass is 9.98. The zero-order valence-electron chi connectivity index (χ0n) is 13.5. The minimum atomic E-state index is -0.834. The van der Waals surface area contributed by atoms with Crippen molar-refractivity contribution >= 4 is 17.8 Å². The number of ether oxygens (including phenoxy) is 1. The Bertz CT molecular complexity index is 751. The van der Waals surface area contributed by atoms with Gasteiger partial charge in [0.05, 0.1) is 6.04 Å². The second-order valence-corrected chi connectivity index (χ2v) is 5.60. The van der Waals surface area contributed by atoms with E-state index in [1.54, 1.807) is 24.2 Å². The fourth-order valence-electron chi connectivity index (χ4n) is 2.67. The van der Waals surface area contributed by atoms with Crippen molar-refractivity contribution in [2.24, 2.45) is 0 Å². The molecule has 3 rings (SSSR count). The van der Waals surface area contributed by atoms with Gasteiger partial charge in [-0.2, -0.15) is 0 Å². The van der Waals surface area contributed by atoms with E-state index in [0.717, 1.165) is 11.3 Å². The van der Waals surface area contributed by atoms with E-state index in [2.05, 4.69) is 15.3 Å². The third kappa shape index (κ3) is 3.26. The summed E-state index contributed by atoms with van der Waals surface area (Å²) in [6, 6.07) is 10.6. The summed E-state index contributed by atoms with van der Waals surface area (Å²) in [6.07, 6.45) is 0.739. The van der Waals surface area contributed by atoms with Gasteiger partial charge in [0, 0.05) is 18.9 Å². The highest BCUT2D eigenvalue weighted by Gasteiger charge is 2.40. The Labute approximate surface area is 139 Å². The van der Waals surface area contributed by atoms with Crippen LogP contribution in [-0.4, -0.2) is 46.4 Å². The molecule has 0 aliphatic carbocycles. The van der Waals surface area contributed by atoms with Crippen LogP contribution in [0.3, 0.4) is 0 Å². The van der Waals surface area contributed by atoms with Gasteiger partial charge in [-0.3, -0.25) is 14.9 Å². The van der Waals surface area contributed by atoms with Gasteiger partial charge in [0.1, 0.15) is 6.61 Å². The molecule has 1 aromatic heterocycles. The van der Waals surface area contributed by atoms with Crippen molar-refractivity contribution in [3.63, 3.8) is 0 Å². The van der Waals surface area contributed by atoms with E-state index in [1.165, 1.54) is 0 Å². The van der Waals surface area contributed by atoms with E-state index in [4.69, 9.17) is 4.74 Å². The van der Waals surface area contributed by atoms with Crippen LogP contribution in [0.4, 0.5) is 5.95 Å². The smallest absolute Gasteiger partial charge is 0.258 e. The zero-order chi connectivity index (χ0) is 17.1. The van der Waals surface area contributed by atoms with Gasteiger partial charge >= 0.3 is 0 Å². The first-order valence-corrected chi connectivity index (χ1v) is 7.59. The Balaban J connectivity index is 1.86. The van der Waals surface area contributed by atoms with Gasteiger partial charge in [0.2, 0.25) is 11.9 Å². The Hall–Kier alpha value is -2.80. The van der Waals surface area contributed by atoms with E-state index in [0.29, 0.717) is 0 Å². The molecule has 24 heavy (non-hydrogen) atoms. The molecule has 2 atom stereocenters. The molecular formula is C17H18N4O3. The molecule has 0 unspecified atom stereocenters. The second-order valence-electron chi connectivity index (χ2n) is 5.60. The van der Waals surface area contributed by atoms with Crippen LogP contribution in [-0.2, 0) is 14.3 Å². The van der Waals surface area contributed by atoms with Gasteiger partial charge in [0.25, 0.3) is 5.91 Å². The third-order valence-electron chi connectivity index (χ3n) is 3.91. The van der Waals surface area contributed by atoms with Crippen LogP contribution >= 0.6 is 0 Å². The van der Waals surface area contributed by atoms with Crippen molar-refractivity contribution in [3.05, 3.63) is 53.9 Å². The van der Waals surface area contributed by atoms with Gasteiger partial charge in [-0.05, 0) is 18.6 Å². The number of nitrogens with zero attached hydrogens (tertiary/aromatic N) is 3. The summed E-state index contributed by atoms with van der Waals surface area (Å²) in [4.78, 5) is 34.4. The Morgan fingerprint density at radius 2 is 2.04 bits per heavy atom. The van der Waals surface area contributed by atoms with Crippen molar-refractivity contribution in [3.8, 4) is 0 Å². The summed E-state index contributed by atoms with van der Waals surface area (Å²) >= 11 is 0. The minimum absolute atomic E-state index is 0.132. The first-order valence-electron chi connectivity index (χ1n) is 7.59. The molecule has 1 N–H and O–H groups in total. The maximum Gasteiger partial charge on any atom is 0.258 e. The largest absolute Gasteiger partial charge is 0.356 e. The van der Waals surface area contributed by atoms with Crippen molar-refractivity contribution in [2.75, 3.05) is 19.0 Å². The molecule has 0 bridgehead atoms. The van der Waals surface area contributed by atoms with Crippen molar-refractivity contribution in [1.29, 1.82) is 0 Å². The summed E-state index contributed by atoms with van der Waals surface area (Å²) < 4.78 is 5.53. The number of benzene rings is 1. The number of nitrogens with one attached hydrogen (secondary N) is 1. The Kier molecular flexibility index (Phi) is 4.52. The Morgan fingerprint density at radius 3 is 2.75 bits per heavy atom. The number of rotatable bonds is 3. The highest BCUT2D eigenvalue weighted by molar-refractivity contribution is 5.94. The molecule has 1 saturated heterocycles. The monoisotopic (exact) mass is 326 g/mol. The molecule has 0 saturated carbocycles. The van der Waals surface area contributed by atoms with Gasteiger partial charge in [0.15, 0.2) is 6.10 Å². The molecular weight excluding hydrogens is 308 g/mol. The van der Waals surface area contributed by atoms with Crippen LogP contribution in [0.5, 0.6) is 0 Å². The number of aromatic nitrogens is 2. The highest BCUT2D eigenvalue weighted by Crippen LogP contribution is 2.29. The lowest BCUT2D eigenvalue weighted by Crippen LogP contribution is -2.51. The number of hydrogen-bond donors (Lipinski definition) is 1. The number of morpholine rings is 1. The summed E-state index contributed by atoms with van der Waals surface area (Å²) in [5.41, 5.74) is 1.58. The van der Waals surface area contributed by atoms with Gasteiger partial charge in [-0.1, -0.05) is 30.3 Å². The molecule has 1 aliphatic rings. The number of likely N-dealkylation sites (N-methyl/N-ethyl adjacent to an activating group) is 1. The lowest BCUT2D eigenvalue weighted by Gasteiger charge is -2.38. The second kappa shape index (κ2) is 6.76. The van der Waals surface area contributed by atoms with Crippen molar-refractivity contribution in [1.82, 2.24) is 14.9 Å². The number of anilines is 1. The van der Waals surface area contributed by atoms with Gasteiger partial charge < -0.3 is 9.64 Å². The van der Waals surface area contributed by atoms with Crippen LogP contribution in [0.2, 0.25) is 0 Å². The normalized spacial score (nSPS) is 20.8. The number of carbonyl (C=O) groups excluding carboxylic acids is 2. The molecule has 124 valence electrons. The maximum atomic E-state index is 12.7. The quantitative estimate of drug-likeness (QED) is 0.919. The molecule has 0 radical (unpaired) electrons. The maximum absolute atomic E-state index is 12.7. The standard InChI is InChI=1S/C17H18N4O3/c1-11-8-9-18-17(19-11)20-16(23)15-14(12-6-4-3-5-7-12)21(2)13(22)10-24-15/h3-9,14-15H,10H2,1-2H3,(H,18,19,20,23)/t14-,15-/m1/s1. The SMILES string of the molecule is Cc1ccnc(NC(=O)[C@@H]2OCC(=O)N(C)[C@@H]2c2ccccc2)n1. The van der Waals surface area contributed by atoms with Crippen molar-refractivity contribution < 1.29 is 14.3 Å². The van der Waals surface area contributed by atoms with Crippen LogP contribution in [0, 0.1) is 6.92 Å². The number of amides is 2. The molecule has 7 heteroatoms. The van der Waals surface area contributed by atoms with Gasteiger partial charge in [-0.25, -0.2) is 9.97 Å². The van der Waals surface area contributed by atoms with Crippen LogP contribution in [0.15, 0.2) is 42.6 Å². The first kappa shape index (κ1) is 16.1. The summed E-state index contributed by atoms with van der Waals surface area (Å²) in [6.45, 7) is 1.68. The summed E-state index contributed by atoms with van der Waals surface area (Å²) in [7, 11) is 1.67. The van der Waals surface area contributed by atoms with E-state index in [-0.39, 0.29) is 24.4 Å². The van der Waals surface area contributed by atoms with Crippen LogP contribution < -0.4 is 5.32 Å². The lowest BCUT2D eigenvalue weighted by molar-refractivity contribution is -0.160. The molecule has 2 aromatic rings. The van der Waals surface area contributed by atoms with E-state index >= 15 is 0 Å². The van der Waals surface area contributed by atoms with Gasteiger partial charge in [-0.15, -0.1) is 0 Å². The van der Waals surface area contributed by atoms with Crippen LogP contribution in [0.25, 0.3) is 0 Å². The fraction of sp³-hybridized carbons (Fsp3) is 0.294. The average molecular weight is 326 g/mol. The van der Waals surface area contributed by atoms with Crippen molar-refractivity contribution in [2.45, 2.75) is 19.1 Å². The van der Waals surface area contributed by atoms with E-state index in [9.17, 15) is 9.59 Å². The first-order chi connectivity index (χ1) is 11.6. The molecule has 1 aromatic carbocycles. The third-order valence-corrected chi connectivity index (χ3v) is 3.91. The summed E-state index contributed by atoms with van der Waals surface area (Å²) in [5.74, 6) is -0.330. The predicted octanol–water partition coefficient (Wildman–Crippen LogP) is 1.32. The fourth-order valence-corrected chi connectivity index (χ4v) is 2.67. The Morgan fingerprint density at radius 1 is 1.29 bits per heavy atom. The molecule has 0 spiro atoms. The molecule has 7 nitrogen and oxygen atoms in total. The average Bonchev–Trinajstić information content (AvgIpc) is 2.58. The molecule has 2 heterocycles. The molecule has 2 amide bonds. The molecule has 1 fully saturated rings. The van der Waals surface area contributed by atoms with E-state index in [1.807, 2.05) is 37.3 Å². The number of hydrogen-bond acceptors (Lipinski definition) is 5. The minimum Gasteiger partial charge on any atom is -0.356 e. The number of aryl methyl sites for hydroxylation is 1. The predicted molar refractivity (Wildman–Crippen MR) is 87.1 cm³/mol. The number of carbonyl (C=O) groups is 2. The van der Waals surface area contributed by atoms with Crippen LogP contribution in [0.1, 0.15) is 17.3 Å². The highest BCUT2D eigenvalue weighted by atomic mass is 16.5.